The molecule has 0 amide bonds. The number of hydrogen-bond donors (Lipinski definition) is 1. The summed E-state index contributed by atoms with van der Waals surface area (Å²) < 4.78 is 15.6. The Hall–Kier alpha value is -2.42. The lowest BCUT2D eigenvalue weighted by Gasteiger charge is -2.35. The van der Waals surface area contributed by atoms with Crippen LogP contribution in [0.5, 0.6) is 5.75 Å². The maximum absolute atomic E-state index is 11.4. The molecule has 1 saturated heterocycles. The van der Waals surface area contributed by atoms with Crippen LogP contribution in [0.3, 0.4) is 0 Å². The standard InChI is InChI=1S/C21H29N3O5/c1-15-20(16(2)29-22-15)13-24-10-8-23(9-11-24)12-18(25)14-28-19-6-4-17(5-7-19)21(26)27-3/h4-7,18,25H,8-14H2,1-3H3/t18-/m0/s1. The smallest absolute Gasteiger partial charge is 0.337 e. The van der Waals surface area contributed by atoms with Crippen LogP contribution in [0.4, 0.5) is 0 Å². The lowest BCUT2D eigenvalue weighted by Crippen LogP contribution is -2.48. The zero-order chi connectivity index (χ0) is 20.8. The Morgan fingerprint density at radius 1 is 1.17 bits per heavy atom. The molecule has 0 aliphatic carbocycles. The highest BCUT2D eigenvalue weighted by Crippen LogP contribution is 2.17. The third-order valence-corrected chi connectivity index (χ3v) is 5.21. The van der Waals surface area contributed by atoms with Crippen molar-refractivity contribution in [2.24, 2.45) is 0 Å². The quantitative estimate of drug-likeness (QED) is 0.666. The Balaban J connectivity index is 1.38. The van der Waals surface area contributed by atoms with Gasteiger partial charge in [-0.15, -0.1) is 0 Å². The van der Waals surface area contributed by atoms with Crippen LogP contribution in [0.1, 0.15) is 27.4 Å². The van der Waals surface area contributed by atoms with Crippen molar-refractivity contribution < 1.29 is 23.9 Å². The molecule has 1 aliphatic rings. The molecule has 1 aromatic carbocycles. The maximum Gasteiger partial charge on any atom is 0.337 e. The third-order valence-electron chi connectivity index (χ3n) is 5.21. The van der Waals surface area contributed by atoms with Gasteiger partial charge in [-0.05, 0) is 38.1 Å². The van der Waals surface area contributed by atoms with E-state index in [1.54, 1.807) is 24.3 Å². The average molecular weight is 403 g/mol. The fourth-order valence-corrected chi connectivity index (χ4v) is 3.43. The molecule has 1 N–H and O–H groups in total. The average Bonchev–Trinajstić information content (AvgIpc) is 3.05. The van der Waals surface area contributed by atoms with Crippen molar-refractivity contribution in [1.82, 2.24) is 15.0 Å². The number of benzene rings is 1. The molecule has 0 radical (unpaired) electrons. The number of carbonyl (C=O) groups excluding carboxylic acids is 1. The number of aryl methyl sites for hydroxylation is 2. The van der Waals surface area contributed by atoms with Crippen LogP contribution in [-0.2, 0) is 11.3 Å². The van der Waals surface area contributed by atoms with Gasteiger partial charge in [-0.3, -0.25) is 9.80 Å². The molecule has 1 aromatic heterocycles. The fraction of sp³-hybridized carbons (Fsp3) is 0.524. The molecule has 0 saturated carbocycles. The Kier molecular flexibility index (Phi) is 7.24. The highest BCUT2D eigenvalue weighted by molar-refractivity contribution is 5.89. The predicted octanol–water partition coefficient (Wildman–Crippen LogP) is 1.64. The molecular weight excluding hydrogens is 374 g/mol. The maximum atomic E-state index is 11.4. The number of hydrogen-bond acceptors (Lipinski definition) is 8. The van der Waals surface area contributed by atoms with Gasteiger partial charge in [0.1, 0.15) is 24.2 Å². The molecule has 2 aromatic rings. The largest absolute Gasteiger partial charge is 0.491 e. The van der Waals surface area contributed by atoms with Gasteiger partial charge in [-0.25, -0.2) is 4.79 Å². The Labute approximate surface area is 171 Å². The van der Waals surface area contributed by atoms with Crippen LogP contribution < -0.4 is 4.74 Å². The minimum atomic E-state index is -0.579. The summed E-state index contributed by atoms with van der Waals surface area (Å²) in [6.45, 7) is 9.21. The summed E-state index contributed by atoms with van der Waals surface area (Å²) >= 11 is 0. The Bertz CT molecular complexity index is 778. The van der Waals surface area contributed by atoms with Crippen molar-refractivity contribution in [2.45, 2.75) is 26.5 Å². The minimum absolute atomic E-state index is 0.205. The first-order valence-electron chi connectivity index (χ1n) is 9.82. The highest BCUT2D eigenvalue weighted by atomic mass is 16.5. The molecule has 0 bridgehead atoms. The van der Waals surface area contributed by atoms with Crippen LogP contribution in [0.2, 0.25) is 0 Å². The summed E-state index contributed by atoms with van der Waals surface area (Å²) in [4.78, 5) is 16.1. The second kappa shape index (κ2) is 9.87. The zero-order valence-corrected chi connectivity index (χ0v) is 17.3. The summed E-state index contributed by atoms with van der Waals surface area (Å²) in [6.07, 6.45) is -0.579. The summed E-state index contributed by atoms with van der Waals surface area (Å²) in [5.41, 5.74) is 2.59. The first-order valence-corrected chi connectivity index (χ1v) is 9.82. The molecular formula is C21H29N3O5. The van der Waals surface area contributed by atoms with Crippen molar-refractivity contribution >= 4 is 5.97 Å². The first-order chi connectivity index (χ1) is 14.0. The first kappa shape index (κ1) is 21.3. The molecule has 3 rings (SSSR count). The van der Waals surface area contributed by atoms with E-state index in [0.717, 1.165) is 44.2 Å². The molecule has 29 heavy (non-hydrogen) atoms. The number of aliphatic hydroxyl groups is 1. The number of aromatic nitrogens is 1. The van der Waals surface area contributed by atoms with Gasteiger partial charge >= 0.3 is 5.97 Å². The lowest BCUT2D eigenvalue weighted by molar-refractivity contribution is 0.0445. The molecule has 158 valence electrons. The van der Waals surface area contributed by atoms with Crippen LogP contribution in [0, 0.1) is 13.8 Å². The Morgan fingerprint density at radius 2 is 1.83 bits per heavy atom. The Morgan fingerprint density at radius 3 is 2.41 bits per heavy atom. The van der Waals surface area contributed by atoms with Gasteiger partial charge in [0.25, 0.3) is 0 Å². The molecule has 0 spiro atoms. The van der Waals surface area contributed by atoms with E-state index in [4.69, 9.17) is 9.26 Å². The number of nitrogens with zero attached hydrogens (tertiary/aromatic N) is 3. The fourth-order valence-electron chi connectivity index (χ4n) is 3.43. The van der Waals surface area contributed by atoms with E-state index in [9.17, 15) is 9.90 Å². The van der Waals surface area contributed by atoms with E-state index in [2.05, 4.69) is 19.7 Å². The van der Waals surface area contributed by atoms with E-state index in [-0.39, 0.29) is 12.6 Å². The molecule has 1 fully saturated rings. The molecule has 2 heterocycles. The van der Waals surface area contributed by atoms with Crippen molar-refractivity contribution in [3.63, 3.8) is 0 Å². The number of β-amino-alcohol motifs (C(OH)–C–C–N with tert-alkyl or cyclic N) is 1. The van der Waals surface area contributed by atoms with Gasteiger partial charge < -0.3 is 19.1 Å². The van der Waals surface area contributed by atoms with Gasteiger partial charge in [0, 0.05) is 44.8 Å². The summed E-state index contributed by atoms with van der Waals surface area (Å²) in [5, 5.41) is 14.3. The van der Waals surface area contributed by atoms with E-state index < -0.39 is 6.10 Å². The minimum Gasteiger partial charge on any atom is -0.491 e. The predicted molar refractivity (Wildman–Crippen MR) is 107 cm³/mol. The van der Waals surface area contributed by atoms with Gasteiger partial charge in [0.2, 0.25) is 0 Å². The van der Waals surface area contributed by atoms with Crippen LogP contribution in [0.25, 0.3) is 0 Å². The number of ether oxygens (including phenoxy) is 2. The van der Waals surface area contributed by atoms with Crippen molar-refractivity contribution in [3.8, 4) is 5.75 Å². The monoisotopic (exact) mass is 403 g/mol. The number of esters is 1. The normalized spacial score (nSPS) is 16.6. The van der Waals surface area contributed by atoms with Crippen LogP contribution >= 0.6 is 0 Å². The number of rotatable bonds is 8. The van der Waals surface area contributed by atoms with E-state index in [1.165, 1.54) is 12.7 Å². The topological polar surface area (TPSA) is 88.3 Å². The zero-order valence-electron chi connectivity index (χ0n) is 17.3. The van der Waals surface area contributed by atoms with Gasteiger partial charge in [0.15, 0.2) is 0 Å². The molecule has 0 unspecified atom stereocenters. The van der Waals surface area contributed by atoms with E-state index >= 15 is 0 Å². The summed E-state index contributed by atoms with van der Waals surface area (Å²) in [6, 6.07) is 6.69. The van der Waals surface area contributed by atoms with Crippen LogP contribution in [0.15, 0.2) is 28.8 Å². The van der Waals surface area contributed by atoms with Crippen LogP contribution in [-0.4, -0.2) is 78.6 Å². The SMILES string of the molecule is COC(=O)c1ccc(OC[C@@H](O)CN2CCN(Cc3c(C)noc3C)CC2)cc1. The van der Waals surface area contributed by atoms with E-state index in [1.807, 2.05) is 13.8 Å². The number of methoxy groups -OCH3 is 1. The van der Waals surface area contributed by atoms with E-state index in [0.29, 0.717) is 17.9 Å². The van der Waals surface area contributed by atoms with Crippen molar-refractivity contribution in [1.29, 1.82) is 0 Å². The van der Waals surface area contributed by atoms with Crippen molar-refractivity contribution in [3.05, 3.63) is 46.8 Å². The van der Waals surface area contributed by atoms with Gasteiger partial charge in [-0.1, -0.05) is 5.16 Å². The van der Waals surface area contributed by atoms with Gasteiger partial charge in [0.05, 0.1) is 18.4 Å². The highest BCUT2D eigenvalue weighted by Gasteiger charge is 2.21. The lowest BCUT2D eigenvalue weighted by atomic mass is 10.1. The molecule has 1 atom stereocenters. The van der Waals surface area contributed by atoms with Crippen molar-refractivity contribution in [2.75, 3.05) is 46.4 Å². The number of carbonyl (C=O) groups is 1. The summed E-state index contributed by atoms with van der Waals surface area (Å²) in [7, 11) is 1.35. The molecule has 1 aliphatic heterocycles. The second-order valence-electron chi connectivity index (χ2n) is 7.36. The van der Waals surface area contributed by atoms with Gasteiger partial charge in [-0.2, -0.15) is 0 Å². The summed E-state index contributed by atoms with van der Waals surface area (Å²) in [5.74, 6) is 1.11. The number of aliphatic hydroxyl groups excluding tert-OH is 1. The molecule has 8 nitrogen and oxygen atoms in total. The number of piperazine rings is 1. The third kappa shape index (κ3) is 5.79. The molecule has 8 heteroatoms. The second-order valence-corrected chi connectivity index (χ2v) is 7.36.